The van der Waals surface area contributed by atoms with Gasteiger partial charge in [-0.1, -0.05) is 69.6 Å². The fraction of sp³-hybridized carbons (Fsp3) is 0.500. The molecule has 3 amide bonds. The minimum atomic E-state index is -1.93. The Morgan fingerprint density at radius 1 is 1.13 bits per heavy atom. The van der Waals surface area contributed by atoms with Crippen molar-refractivity contribution in [3.8, 4) is 0 Å². The molecule has 0 bridgehead atoms. The van der Waals surface area contributed by atoms with E-state index in [0.717, 1.165) is 10.0 Å². The molecule has 1 aromatic heterocycles. The average molecular weight is 599 g/mol. The Morgan fingerprint density at radius 2 is 1.82 bits per heavy atom. The lowest BCUT2D eigenvalue weighted by molar-refractivity contribution is -0.157. The SMILES string of the molecule is CCCN1C(=O)C2[C@H](C1=O)[C@H](c1ccccn1)N(C(=O)c1ccc(C(C)(C)C)c(Br)c1)[C@]2(CC(C)C)C(=O)O. The molecule has 4 atom stereocenters. The van der Waals surface area contributed by atoms with E-state index < -0.39 is 47.1 Å². The fourth-order valence-electron chi connectivity index (χ4n) is 6.32. The Labute approximate surface area is 237 Å². The molecule has 0 radical (unpaired) electrons. The Balaban J connectivity index is 1.99. The van der Waals surface area contributed by atoms with Crippen molar-refractivity contribution < 1.29 is 24.3 Å². The van der Waals surface area contributed by atoms with Gasteiger partial charge < -0.3 is 10.0 Å². The summed E-state index contributed by atoms with van der Waals surface area (Å²) in [6.07, 6.45) is 2.11. The number of fused-ring (bicyclic) bond motifs is 1. The summed E-state index contributed by atoms with van der Waals surface area (Å²) in [5, 5.41) is 10.9. The van der Waals surface area contributed by atoms with Crippen LogP contribution in [0.1, 0.15) is 82.0 Å². The summed E-state index contributed by atoms with van der Waals surface area (Å²) in [5.74, 6) is -5.26. The van der Waals surface area contributed by atoms with Gasteiger partial charge in [-0.15, -0.1) is 0 Å². The first-order chi connectivity index (χ1) is 18.3. The molecule has 3 heterocycles. The summed E-state index contributed by atoms with van der Waals surface area (Å²) in [4.78, 5) is 62.5. The molecule has 4 rings (SSSR count). The third-order valence-corrected chi connectivity index (χ3v) is 8.43. The van der Waals surface area contributed by atoms with Crippen LogP contribution in [0.2, 0.25) is 0 Å². The number of carboxylic acids is 1. The molecular weight excluding hydrogens is 562 g/mol. The van der Waals surface area contributed by atoms with E-state index in [1.165, 1.54) is 9.80 Å². The predicted molar refractivity (Wildman–Crippen MR) is 150 cm³/mol. The summed E-state index contributed by atoms with van der Waals surface area (Å²) < 4.78 is 0.723. The molecule has 1 N–H and O–H groups in total. The van der Waals surface area contributed by atoms with E-state index in [4.69, 9.17) is 0 Å². The molecule has 2 saturated heterocycles. The van der Waals surface area contributed by atoms with E-state index in [2.05, 4.69) is 41.7 Å². The van der Waals surface area contributed by atoms with Gasteiger partial charge in [-0.25, -0.2) is 4.79 Å². The molecule has 2 aliphatic heterocycles. The summed E-state index contributed by atoms with van der Waals surface area (Å²) in [6.45, 7) is 12.0. The van der Waals surface area contributed by atoms with Crippen LogP contribution in [-0.2, 0) is 19.8 Å². The Bertz CT molecular complexity index is 1310. The maximum atomic E-state index is 14.5. The molecule has 2 fully saturated rings. The lowest BCUT2D eigenvalue weighted by Gasteiger charge is -2.41. The first-order valence-corrected chi connectivity index (χ1v) is 14.2. The number of benzene rings is 1. The van der Waals surface area contributed by atoms with Gasteiger partial charge in [-0.2, -0.15) is 0 Å². The predicted octanol–water partition coefficient (Wildman–Crippen LogP) is 5.22. The first-order valence-electron chi connectivity index (χ1n) is 13.4. The van der Waals surface area contributed by atoms with Gasteiger partial charge >= 0.3 is 5.97 Å². The van der Waals surface area contributed by atoms with Crippen LogP contribution in [0.25, 0.3) is 0 Å². The van der Waals surface area contributed by atoms with Crippen LogP contribution in [0.5, 0.6) is 0 Å². The molecule has 39 heavy (non-hydrogen) atoms. The van der Waals surface area contributed by atoms with Crippen LogP contribution in [-0.4, -0.2) is 55.7 Å². The number of hydrogen-bond donors (Lipinski definition) is 1. The number of carbonyl (C=O) groups is 4. The first kappa shape index (κ1) is 28.9. The van der Waals surface area contributed by atoms with Gasteiger partial charge in [0.25, 0.3) is 5.91 Å². The number of carboxylic acid groups (broad SMARTS) is 1. The highest BCUT2D eigenvalue weighted by atomic mass is 79.9. The number of carbonyl (C=O) groups excluding carboxylic acids is 3. The van der Waals surface area contributed by atoms with Crippen molar-refractivity contribution in [2.75, 3.05) is 6.54 Å². The number of nitrogens with zero attached hydrogens (tertiary/aromatic N) is 3. The third-order valence-electron chi connectivity index (χ3n) is 7.78. The summed E-state index contributed by atoms with van der Waals surface area (Å²) in [7, 11) is 0. The second-order valence-electron chi connectivity index (χ2n) is 12.0. The zero-order valence-electron chi connectivity index (χ0n) is 23.3. The van der Waals surface area contributed by atoms with E-state index in [0.29, 0.717) is 12.1 Å². The molecule has 208 valence electrons. The zero-order chi connectivity index (χ0) is 28.9. The van der Waals surface area contributed by atoms with Crippen LogP contribution in [0, 0.1) is 17.8 Å². The molecule has 2 aliphatic rings. The number of halogens is 1. The molecule has 0 aliphatic carbocycles. The average Bonchev–Trinajstić information content (AvgIpc) is 3.29. The van der Waals surface area contributed by atoms with Crippen molar-refractivity contribution in [2.24, 2.45) is 17.8 Å². The van der Waals surface area contributed by atoms with E-state index in [1.54, 1.807) is 36.5 Å². The van der Waals surface area contributed by atoms with Crippen LogP contribution in [0.4, 0.5) is 0 Å². The number of imide groups is 1. The van der Waals surface area contributed by atoms with Crippen LogP contribution < -0.4 is 0 Å². The van der Waals surface area contributed by atoms with Gasteiger partial charge in [0, 0.05) is 22.8 Å². The van der Waals surface area contributed by atoms with Gasteiger partial charge in [-0.05, 0) is 54.0 Å². The highest BCUT2D eigenvalue weighted by molar-refractivity contribution is 9.10. The van der Waals surface area contributed by atoms with Crippen LogP contribution in [0.3, 0.4) is 0 Å². The summed E-state index contributed by atoms with van der Waals surface area (Å²) in [6, 6.07) is 9.37. The van der Waals surface area contributed by atoms with Gasteiger partial charge in [0.2, 0.25) is 11.8 Å². The number of amides is 3. The Hall–Kier alpha value is -3.07. The fourth-order valence-corrected chi connectivity index (χ4v) is 7.29. The topological polar surface area (TPSA) is 108 Å². The van der Waals surface area contributed by atoms with Gasteiger partial charge in [0.1, 0.15) is 0 Å². The third kappa shape index (κ3) is 4.68. The maximum absolute atomic E-state index is 14.5. The van der Waals surface area contributed by atoms with Crippen molar-refractivity contribution in [3.63, 3.8) is 0 Å². The molecule has 0 saturated carbocycles. The van der Waals surface area contributed by atoms with Crippen molar-refractivity contribution in [2.45, 2.75) is 71.4 Å². The molecule has 2 aromatic rings. The van der Waals surface area contributed by atoms with Crippen molar-refractivity contribution >= 4 is 39.6 Å². The lowest BCUT2D eigenvalue weighted by atomic mass is 9.75. The highest BCUT2D eigenvalue weighted by Gasteiger charge is 2.73. The van der Waals surface area contributed by atoms with Crippen molar-refractivity contribution in [1.29, 1.82) is 0 Å². The number of hydrogen-bond acceptors (Lipinski definition) is 5. The van der Waals surface area contributed by atoms with E-state index in [-0.39, 0.29) is 29.9 Å². The molecule has 1 unspecified atom stereocenters. The molecule has 9 heteroatoms. The van der Waals surface area contributed by atoms with Crippen LogP contribution in [0.15, 0.2) is 47.1 Å². The molecular formula is C30H36BrN3O5. The lowest BCUT2D eigenvalue weighted by Crippen LogP contribution is -2.60. The smallest absolute Gasteiger partial charge is 0.330 e. The molecule has 8 nitrogen and oxygen atoms in total. The van der Waals surface area contributed by atoms with Crippen molar-refractivity contribution in [1.82, 2.24) is 14.8 Å². The second-order valence-corrected chi connectivity index (χ2v) is 12.8. The maximum Gasteiger partial charge on any atom is 0.330 e. The highest BCUT2D eigenvalue weighted by Crippen LogP contribution is 2.57. The second kappa shape index (κ2) is 10.5. The number of pyridine rings is 1. The minimum Gasteiger partial charge on any atom is -0.479 e. The number of aliphatic carboxylic acids is 1. The largest absolute Gasteiger partial charge is 0.479 e. The summed E-state index contributed by atoms with van der Waals surface area (Å²) >= 11 is 3.60. The van der Waals surface area contributed by atoms with Gasteiger partial charge in [0.05, 0.1) is 23.6 Å². The van der Waals surface area contributed by atoms with Crippen LogP contribution >= 0.6 is 15.9 Å². The van der Waals surface area contributed by atoms with E-state index >= 15 is 0 Å². The normalized spacial score (nSPS) is 25.0. The number of likely N-dealkylation sites (tertiary alicyclic amines) is 2. The van der Waals surface area contributed by atoms with Crippen molar-refractivity contribution in [3.05, 3.63) is 63.9 Å². The number of rotatable bonds is 7. The monoisotopic (exact) mass is 597 g/mol. The van der Waals surface area contributed by atoms with E-state index in [1.807, 2.05) is 26.8 Å². The molecule has 1 aromatic carbocycles. The molecule has 0 spiro atoms. The quantitative estimate of drug-likeness (QED) is 0.438. The zero-order valence-corrected chi connectivity index (χ0v) is 24.9. The summed E-state index contributed by atoms with van der Waals surface area (Å²) in [5.41, 5.74) is -0.465. The number of aromatic nitrogens is 1. The Morgan fingerprint density at radius 3 is 2.33 bits per heavy atom. The Kier molecular flexibility index (Phi) is 7.78. The standard InChI is InChI=1S/C30H36BrN3O5/c1-7-14-33-26(36)22-23(27(33)37)30(28(38)39,16-17(2)3)34(24(22)21-10-8-9-13-32-21)25(35)18-11-12-19(20(31)15-18)29(4,5)6/h8-13,15,17,22-24H,7,14,16H2,1-6H3,(H,38,39)/t22-,23?,24-,30-/m0/s1. The minimum absolute atomic E-state index is 0.0127. The van der Waals surface area contributed by atoms with Gasteiger partial charge in [0.15, 0.2) is 5.54 Å². The van der Waals surface area contributed by atoms with E-state index in [9.17, 15) is 24.3 Å². The van der Waals surface area contributed by atoms with Gasteiger partial charge in [-0.3, -0.25) is 24.3 Å².